The van der Waals surface area contributed by atoms with Gasteiger partial charge < -0.3 is 21.1 Å². The van der Waals surface area contributed by atoms with Crippen molar-refractivity contribution in [3.8, 4) is 11.4 Å². The minimum Gasteiger partial charge on any atom is -0.492 e. The van der Waals surface area contributed by atoms with Gasteiger partial charge in [-0.2, -0.15) is 5.10 Å². The van der Waals surface area contributed by atoms with Crippen LogP contribution in [0.15, 0.2) is 36.4 Å². The number of carbonyl (C=O) groups is 2. The highest BCUT2D eigenvalue weighted by Crippen LogP contribution is 2.32. The largest absolute Gasteiger partial charge is 0.492 e. The predicted molar refractivity (Wildman–Crippen MR) is 122 cm³/mol. The number of aryl methyl sites for hydroxylation is 2. The average Bonchev–Trinajstić information content (AvgIpc) is 3.19. The molecule has 3 aromatic rings. The van der Waals surface area contributed by atoms with E-state index in [9.17, 15) is 14.0 Å². The molecule has 33 heavy (non-hydrogen) atoms. The molecule has 0 bridgehead atoms. The van der Waals surface area contributed by atoms with E-state index < -0.39 is 11.7 Å². The molecule has 172 valence electrons. The summed E-state index contributed by atoms with van der Waals surface area (Å²) < 4.78 is 20.9. The van der Waals surface area contributed by atoms with Gasteiger partial charge in [0.1, 0.15) is 17.3 Å². The number of benzene rings is 2. The monoisotopic (exact) mass is 451 g/mol. The van der Waals surface area contributed by atoms with Crippen LogP contribution in [0.5, 0.6) is 5.75 Å². The fourth-order valence-electron chi connectivity index (χ4n) is 3.93. The molecule has 4 rings (SSSR count). The summed E-state index contributed by atoms with van der Waals surface area (Å²) in [7, 11) is 0. The molecule has 0 fully saturated rings. The SMILES string of the molecule is CCOc1cc(CNC(=O)c2cc(F)ccc2C)ccc1-n1nc2c(c1C(N)=O)NCCC2. The summed E-state index contributed by atoms with van der Waals surface area (Å²) >= 11 is 0. The van der Waals surface area contributed by atoms with E-state index in [1.54, 1.807) is 25.1 Å². The minimum atomic E-state index is -0.581. The Balaban J connectivity index is 1.63. The molecule has 2 aromatic carbocycles. The average molecular weight is 452 g/mol. The molecular weight excluding hydrogens is 425 g/mol. The molecule has 1 aliphatic heterocycles. The second-order valence-electron chi connectivity index (χ2n) is 7.85. The molecule has 0 spiro atoms. The Labute approximate surface area is 190 Å². The van der Waals surface area contributed by atoms with Gasteiger partial charge in [0.15, 0.2) is 5.69 Å². The lowest BCUT2D eigenvalue weighted by Gasteiger charge is -2.15. The van der Waals surface area contributed by atoms with Crippen LogP contribution in [-0.2, 0) is 13.0 Å². The molecule has 1 aliphatic rings. The van der Waals surface area contributed by atoms with Gasteiger partial charge in [0.2, 0.25) is 0 Å². The van der Waals surface area contributed by atoms with E-state index >= 15 is 0 Å². The van der Waals surface area contributed by atoms with E-state index in [4.69, 9.17) is 10.5 Å². The summed E-state index contributed by atoms with van der Waals surface area (Å²) in [6, 6.07) is 9.50. The van der Waals surface area contributed by atoms with Gasteiger partial charge in [-0.3, -0.25) is 9.59 Å². The molecular formula is C24H26FN5O3. The number of ether oxygens (including phenoxy) is 1. The van der Waals surface area contributed by atoms with Crippen LogP contribution in [0.2, 0.25) is 0 Å². The van der Waals surface area contributed by atoms with Crippen LogP contribution >= 0.6 is 0 Å². The van der Waals surface area contributed by atoms with Crippen LogP contribution in [0.4, 0.5) is 10.1 Å². The van der Waals surface area contributed by atoms with Crippen LogP contribution in [0.3, 0.4) is 0 Å². The predicted octanol–water partition coefficient (Wildman–Crippen LogP) is 3.11. The maximum atomic E-state index is 13.5. The summed E-state index contributed by atoms with van der Waals surface area (Å²) in [4.78, 5) is 24.8. The third-order valence-electron chi connectivity index (χ3n) is 5.53. The van der Waals surface area contributed by atoms with Crippen molar-refractivity contribution in [1.82, 2.24) is 15.1 Å². The number of primary amides is 1. The van der Waals surface area contributed by atoms with Crippen molar-refractivity contribution in [3.05, 3.63) is 70.3 Å². The molecule has 1 aromatic heterocycles. The smallest absolute Gasteiger partial charge is 0.269 e. The third kappa shape index (κ3) is 4.52. The number of hydrogen-bond acceptors (Lipinski definition) is 5. The van der Waals surface area contributed by atoms with Crippen LogP contribution in [0, 0.1) is 12.7 Å². The Bertz CT molecular complexity index is 1220. The van der Waals surface area contributed by atoms with Crippen molar-refractivity contribution in [2.24, 2.45) is 5.73 Å². The third-order valence-corrected chi connectivity index (χ3v) is 5.53. The maximum absolute atomic E-state index is 13.5. The van der Waals surface area contributed by atoms with E-state index in [2.05, 4.69) is 15.7 Å². The first kappa shape index (κ1) is 22.3. The van der Waals surface area contributed by atoms with Gasteiger partial charge in [0.25, 0.3) is 11.8 Å². The van der Waals surface area contributed by atoms with E-state index in [0.717, 1.165) is 30.6 Å². The number of nitrogens with zero attached hydrogens (tertiary/aromatic N) is 2. The topological polar surface area (TPSA) is 111 Å². The lowest BCUT2D eigenvalue weighted by atomic mass is 10.1. The summed E-state index contributed by atoms with van der Waals surface area (Å²) in [5.41, 5.74) is 9.76. The molecule has 0 saturated carbocycles. The number of halogens is 1. The van der Waals surface area contributed by atoms with Crippen molar-refractivity contribution in [2.45, 2.75) is 33.2 Å². The molecule has 2 amide bonds. The summed E-state index contributed by atoms with van der Waals surface area (Å²) in [5.74, 6) is -0.901. The molecule has 0 aliphatic carbocycles. The number of anilines is 1. The molecule has 0 atom stereocenters. The number of rotatable bonds is 7. The number of carbonyl (C=O) groups excluding carboxylic acids is 2. The van der Waals surface area contributed by atoms with E-state index in [1.807, 2.05) is 13.0 Å². The van der Waals surface area contributed by atoms with Gasteiger partial charge in [-0.15, -0.1) is 0 Å². The van der Waals surface area contributed by atoms with Gasteiger partial charge in [0.05, 0.1) is 18.0 Å². The van der Waals surface area contributed by atoms with Crippen LogP contribution in [-0.4, -0.2) is 34.7 Å². The molecule has 9 heteroatoms. The van der Waals surface area contributed by atoms with Crippen LogP contribution in [0.25, 0.3) is 5.69 Å². The zero-order chi connectivity index (χ0) is 23.5. The van der Waals surface area contributed by atoms with E-state index in [0.29, 0.717) is 29.3 Å². The van der Waals surface area contributed by atoms with Crippen molar-refractivity contribution < 1.29 is 18.7 Å². The number of nitrogens with one attached hydrogen (secondary N) is 2. The Morgan fingerprint density at radius 1 is 1.27 bits per heavy atom. The fourth-order valence-corrected chi connectivity index (χ4v) is 3.93. The quantitative estimate of drug-likeness (QED) is 0.511. The van der Waals surface area contributed by atoms with Crippen molar-refractivity contribution in [1.29, 1.82) is 0 Å². The van der Waals surface area contributed by atoms with Gasteiger partial charge in [-0.25, -0.2) is 9.07 Å². The molecule has 0 unspecified atom stereocenters. The lowest BCUT2D eigenvalue weighted by Crippen LogP contribution is -2.24. The summed E-state index contributed by atoms with van der Waals surface area (Å²) in [5, 5.41) is 10.7. The lowest BCUT2D eigenvalue weighted by molar-refractivity contribution is 0.0948. The highest BCUT2D eigenvalue weighted by atomic mass is 19.1. The van der Waals surface area contributed by atoms with Crippen molar-refractivity contribution >= 4 is 17.5 Å². The number of fused-ring (bicyclic) bond motifs is 1. The van der Waals surface area contributed by atoms with Crippen LogP contribution in [0.1, 0.15) is 51.0 Å². The summed E-state index contributed by atoms with van der Waals surface area (Å²) in [6.45, 7) is 4.98. The molecule has 8 nitrogen and oxygen atoms in total. The van der Waals surface area contributed by atoms with Crippen molar-refractivity contribution in [3.63, 3.8) is 0 Å². The number of nitrogens with two attached hydrogens (primary N) is 1. The zero-order valence-corrected chi connectivity index (χ0v) is 18.6. The van der Waals surface area contributed by atoms with Gasteiger partial charge in [-0.05, 0) is 62.1 Å². The first-order valence-corrected chi connectivity index (χ1v) is 10.8. The van der Waals surface area contributed by atoms with Gasteiger partial charge >= 0.3 is 0 Å². The standard InChI is InChI=1S/C24H26FN5O3/c1-3-33-20-11-15(13-28-24(32)17-12-16(25)8-6-14(17)2)7-9-19(20)30-22(23(26)31)21-18(29-30)5-4-10-27-21/h6-9,11-12,27H,3-5,10,13H2,1-2H3,(H2,26,31)(H,28,32). The van der Waals surface area contributed by atoms with Gasteiger partial charge in [-0.1, -0.05) is 12.1 Å². The van der Waals surface area contributed by atoms with E-state index in [-0.39, 0.29) is 23.7 Å². The fraction of sp³-hybridized carbons (Fsp3) is 0.292. The van der Waals surface area contributed by atoms with E-state index in [1.165, 1.54) is 16.8 Å². The second kappa shape index (κ2) is 9.32. The Kier molecular flexibility index (Phi) is 6.30. The normalized spacial score (nSPS) is 12.6. The Morgan fingerprint density at radius 3 is 2.85 bits per heavy atom. The number of amides is 2. The molecule has 0 radical (unpaired) electrons. The minimum absolute atomic E-state index is 0.217. The maximum Gasteiger partial charge on any atom is 0.269 e. The Morgan fingerprint density at radius 2 is 2.09 bits per heavy atom. The first-order valence-electron chi connectivity index (χ1n) is 10.8. The highest BCUT2D eigenvalue weighted by molar-refractivity contribution is 5.98. The summed E-state index contributed by atoms with van der Waals surface area (Å²) in [6.07, 6.45) is 1.67. The second-order valence-corrected chi connectivity index (χ2v) is 7.85. The number of aromatic nitrogens is 2. The zero-order valence-electron chi connectivity index (χ0n) is 18.6. The molecule has 0 saturated heterocycles. The van der Waals surface area contributed by atoms with Crippen LogP contribution < -0.4 is 21.1 Å². The first-order chi connectivity index (χ1) is 15.9. The highest BCUT2D eigenvalue weighted by Gasteiger charge is 2.26. The number of hydrogen-bond donors (Lipinski definition) is 3. The Hall–Kier alpha value is -3.88. The molecule has 2 heterocycles. The van der Waals surface area contributed by atoms with Gasteiger partial charge in [0, 0.05) is 18.7 Å². The van der Waals surface area contributed by atoms with Crippen molar-refractivity contribution in [2.75, 3.05) is 18.5 Å². The molecule has 4 N–H and O–H groups in total.